The van der Waals surface area contributed by atoms with Crippen LogP contribution in [0.1, 0.15) is 41.6 Å². The summed E-state index contributed by atoms with van der Waals surface area (Å²) in [5, 5.41) is 14.5. The van der Waals surface area contributed by atoms with Crippen LogP contribution < -0.4 is 10.6 Å². The van der Waals surface area contributed by atoms with E-state index in [1.165, 1.54) is 30.0 Å². The zero-order valence-electron chi connectivity index (χ0n) is 17.9. The SMILES string of the molecule is CCn1c(SCC(=O)Nc2ccc(F)c(Cl)c2)nnc1[C@H](C)NC(=O)c1cccc(C)c1. The van der Waals surface area contributed by atoms with Gasteiger partial charge in [-0.1, -0.05) is 41.1 Å². The van der Waals surface area contributed by atoms with Gasteiger partial charge in [0, 0.05) is 17.8 Å². The lowest BCUT2D eigenvalue weighted by atomic mass is 10.1. The fourth-order valence-corrected chi connectivity index (χ4v) is 4.05. The molecule has 0 saturated heterocycles. The Hall–Kier alpha value is -2.91. The Morgan fingerprint density at radius 2 is 2.00 bits per heavy atom. The van der Waals surface area contributed by atoms with Crippen molar-refractivity contribution in [2.75, 3.05) is 11.1 Å². The maximum atomic E-state index is 13.3. The Balaban J connectivity index is 1.62. The van der Waals surface area contributed by atoms with Gasteiger partial charge in [-0.2, -0.15) is 0 Å². The van der Waals surface area contributed by atoms with E-state index in [0.29, 0.717) is 28.8 Å². The number of rotatable bonds is 8. The molecule has 7 nitrogen and oxygen atoms in total. The molecule has 1 heterocycles. The number of amides is 2. The number of nitrogens with zero attached hydrogens (tertiary/aromatic N) is 3. The fraction of sp³-hybridized carbons (Fsp3) is 0.273. The van der Waals surface area contributed by atoms with Crippen molar-refractivity contribution < 1.29 is 14.0 Å². The number of nitrogens with one attached hydrogen (secondary N) is 2. The predicted octanol–water partition coefficient (Wildman–Crippen LogP) is 4.62. The van der Waals surface area contributed by atoms with Gasteiger partial charge in [-0.25, -0.2) is 4.39 Å². The van der Waals surface area contributed by atoms with E-state index in [2.05, 4.69) is 20.8 Å². The second kappa shape index (κ2) is 10.6. The van der Waals surface area contributed by atoms with E-state index in [9.17, 15) is 14.0 Å². The van der Waals surface area contributed by atoms with Gasteiger partial charge < -0.3 is 15.2 Å². The fourth-order valence-electron chi connectivity index (χ4n) is 3.06. The average Bonchev–Trinajstić information content (AvgIpc) is 3.18. The van der Waals surface area contributed by atoms with Crippen LogP contribution in [0.4, 0.5) is 10.1 Å². The van der Waals surface area contributed by atoms with E-state index in [4.69, 9.17) is 11.6 Å². The van der Waals surface area contributed by atoms with E-state index < -0.39 is 5.82 Å². The standard InChI is InChI=1S/C22H23ClFN5O2S/c1-4-29-20(14(3)25-21(31)15-7-5-6-13(2)10-15)27-28-22(29)32-12-19(30)26-16-8-9-18(24)17(23)11-16/h5-11,14H,4,12H2,1-3H3,(H,25,31)(H,26,30)/t14-/m0/s1. The zero-order chi connectivity index (χ0) is 23.3. The molecule has 0 aliphatic rings. The monoisotopic (exact) mass is 475 g/mol. The Kier molecular flexibility index (Phi) is 7.87. The van der Waals surface area contributed by atoms with Gasteiger partial charge in [-0.05, 0) is 51.1 Å². The summed E-state index contributed by atoms with van der Waals surface area (Å²) in [6, 6.07) is 11.0. The number of hydrogen-bond acceptors (Lipinski definition) is 5. The van der Waals surface area contributed by atoms with Crippen LogP contribution in [0.15, 0.2) is 47.6 Å². The highest BCUT2D eigenvalue weighted by molar-refractivity contribution is 7.99. The number of carbonyl (C=O) groups excluding carboxylic acids is 2. The molecule has 0 spiro atoms. The number of anilines is 1. The predicted molar refractivity (Wildman–Crippen MR) is 124 cm³/mol. The van der Waals surface area contributed by atoms with Crippen LogP contribution in [0, 0.1) is 12.7 Å². The minimum Gasteiger partial charge on any atom is -0.342 e. The van der Waals surface area contributed by atoms with E-state index in [-0.39, 0.29) is 28.6 Å². The van der Waals surface area contributed by atoms with Crippen LogP contribution in [0.25, 0.3) is 0 Å². The molecular weight excluding hydrogens is 453 g/mol. The van der Waals surface area contributed by atoms with Crippen molar-refractivity contribution in [3.05, 3.63) is 70.3 Å². The third-order valence-electron chi connectivity index (χ3n) is 4.61. The molecule has 3 rings (SSSR count). The second-order valence-corrected chi connectivity index (χ2v) is 8.47. The third kappa shape index (κ3) is 5.86. The van der Waals surface area contributed by atoms with Gasteiger partial charge in [-0.15, -0.1) is 10.2 Å². The number of aryl methyl sites for hydroxylation is 1. The van der Waals surface area contributed by atoms with Gasteiger partial charge >= 0.3 is 0 Å². The first-order valence-electron chi connectivity index (χ1n) is 9.96. The number of carbonyl (C=O) groups is 2. The molecule has 0 unspecified atom stereocenters. The molecule has 2 aromatic carbocycles. The van der Waals surface area contributed by atoms with Crippen molar-refractivity contribution in [1.82, 2.24) is 20.1 Å². The Bertz CT molecular complexity index is 1140. The minimum absolute atomic E-state index is 0.0625. The average molecular weight is 476 g/mol. The molecule has 1 atom stereocenters. The summed E-state index contributed by atoms with van der Waals surface area (Å²) in [6.45, 7) is 6.28. The summed E-state index contributed by atoms with van der Waals surface area (Å²) < 4.78 is 15.1. The molecule has 10 heteroatoms. The highest BCUT2D eigenvalue weighted by atomic mass is 35.5. The van der Waals surface area contributed by atoms with E-state index in [1.54, 1.807) is 6.07 Å². The number of halogens is 2. The summed E-state index contributed by atoms with van der Waals surface area (Å²) in [6.07, 6.45) is 0. The lowest BCUT2D eigenvalue weighted by Gasteiger charge is -2.15. The first-order valence-corrected chi connectivity index (χ1v) is 11.3. The van der Waals surface area contributed by atoms with Gasteiger partial charge in [0.1, 0.15) is 5.82 Å². The summed E-state index contributed by atoms with van der Waals surface area (Å²) in [5.74, 6) is -0.353. The van der Waals surface area contributed by atoms with Crippen LogP contribution in [-0.2, 0) is 11.3 Å². The Morgan fingerprint density at radius 3 is 2.69 bits per heavy atom. The van der Waals surface area contributed by atoms with Crippen molar-refractivity contribution in [2.45, 2.75) is 38.5 Å². The summed E-state index contributed by atoms with van der Waals surface area (Å²) in [5.41, 5.74) is 1.99. The quantitative estimate of drug-likeness (QED) is 0.464. The van der Waals surface area contributed by atoms with Crippen molar-refractivity contribution in [3.8, 4) is 0 Å². The lowest BCUT2D eigenvalue weighted by Crippen LogP contribution is -2.28. The van der Waals surface area contributed by atoms with Crippen molar-refractivity contribution in [1.29, 1.82) is 0 Å². The van der Waals surface area contributed by atoms with Crippen LogP contribution >= 0.6 is 23.4 Å². The maximum absolute atomic E-state index is 13.3. The van der Waals surface area contributed by atoms with E-state index >= 15 is 0 Å². The molecule has 168 valence electrons. The van der Waals surface area contributed by atoms with Gasteiger partial charge in [0.15, 0.2) is 11.0 Å². The number of hydrogen-bond donors (Lipinski definition) is 2. The molecule has 0 aliphatic heterocycles. The molecular formula is C22H23ClFN5O2S. The first kappa shape index (κ1) is 23.7. The molecule has 2 N–H and O–H groups in total. The molecule has 0 fully saturated rings. The first-order chi connectivity index (χ1) is 15.3. The highest BCUT2D eigenvalue weighted by Gasteiger charge is 2.20. The van der Waals surface area contributed by atoms with Gasteiger partial charge in [0.25, 0.3) is 5.91 Å². The largest absolute Gasteiger partial charge is 0.342 e. The van der Waals surface area contributed by atoms with Crippen LogP contribution in [0.3, 0.4) is 0 Å². The molecule has 0 radical (unpaired) electrons. The molecule has 0 bridgehead atoms. The molecule has 0 aliphatic carbocycles. The maximum Gasteiger partial charge on any atom is 0.251 e. The number of thioether (sulfide) groups is 1. The smallest absolute Gasteiger partial charge is 0.251 e. The molecule has 3 aromatic rings. The lowest BCUT2D eigenvalue weighted by molar-refractivity contribution is -0.113. The van der Waals surface area contributed by atoms with E-state index in [0.717, 1.165) is 5.56 Å². The highest BCUT2D eigenvalue weighted by Crippen LogP contribution is 2.23. The van der Waals surface area contributed by atoms with Crippen molar-refractivity contribution >= 4 is 40.9 Å². The third-order valence-corrected chi connectivity index (χ3v) is 5.87. The normalized spacial score (nSPS) is 11.8. The Labute approximate surface area is 194 Å². The zero-order valence-corrected chi connectivity index (χ0v) is 19.4. The van der Waals surface area contributed by atoms with Gasteiger partial charge in [0.2, 0.25) is 5.91 Å². The van der Waals surface area contributed by atoms with Crippen molar-refractivity contribution in [2.24, 2.45) is 0 Å². The van der Waals surface area contributed by atoms with Crippen LogP contribution in [0.2, 0.25) is 5.02 Å². The van der Waals surface area contributed by atoms with Gasteiger partial charge in [-0.3, -0.25) is 9.59 Å². The van der Waals surface area contributed by atoms with Crippen molar-refractivity contribution in [3.63, 3.8) is 0 Å². The summed E-state index contributed by atoms with van der Waals surface area (Å²) in [4.78, 5) is 24.8. The number of benzene rings is 2. The molecule has 32 heavy (non-hydrogen) atoms. The van der Waals surface area contributed by atoms with E-state index in [1.807, 2.05) is 43.5 Å². The molecule has 0 saturated carbocycles. The number of aromatic nitrogens is 3. The summed E-state index contributed by atoms with van der Waals surface area (Å²) >= 11 is 6.96. The Morgan fingerprint density at radius 1 is 1.22 bits per heavy atom. The summed E-state index contributed by atoms with van der Waals surface area (Å²) in [7, 11) is 0. The molecule has 1 aromatic heterocycles. The second-order valence-electron chi connectivity index (χ2n) is 7.12. The molecule has 2 amide bonds. The van der Waals surface area contributed by atoms with Crippen LogP contribution in [-0.4, -0.2) is 32.3 Å². The van der Waals surface area contributed by atoms with Crippen LogP contribution in [0.5, 0.6) is 0 Å². The van der Waals surface area contributed by atoms with Gasteiger partial charge in [0.05, 0.1) is 16.8 Å². The minimum atomic E-state index is -0.550. The topological polar surface area (TPSA) is 88.9 Å².